The predicted octanol–water partition coefficient (Wildman–Crippen LogP) is 2.75. The average molecular weight is 315 g/mol. The Hall–Kier alpha value is -1.30. The highest BCUT2D eigenvalue weighted by Crippen LogP contribution is 2.36. The molecule has 128 valence electrons. The van der Waals surface area contributed by atoms with Gasteiger partial charge in [0.2, 0.25) is 0 Å². The summed E-state index contributed by atoms with van der Waals surface area (Å²) in [5, 5.41) is 0. The summed E-state index contributed by atoms with van der Waals surface area (Å²) in [5.74, 6) is -0.353. The molecule has 1 atom stereocenters. The van der Waals surface area contributed by atoms with Crippen LogP contribution in [0.1, 0.15) is 52.9 Å². The number of methoxy groups -OCH3 is 2. The molecule has 0 aromatic rings. The lowest BCUT2D eigenvalue weighted by molar-refractivity contribution is -0.153. The fourth-order valence-electron chi connectivity index (χ4n) is 2.89. The Balaban J connectivity index is 2.87. The first-order valence-electron chi connectivity index (χ1n) is 7.85. The van der Waals surface area contributed by atoms with Crippen LogP contribution >= 0.6 is 0 Å². The topological polar surface area (TPSA) is 65.1 Å². The first-order valence-corrected chi connectivity index (χ1v) is 7.85. The van der Waals surface area contributed by atoms with E-state index >= 15 is 0 Å². The Labute approximate surface area is 133 Å². The van der Waals surface area contributed by atoms with Gasteiger partial charge in [0.05, 0.1) is 7.11 Å². The molecule has 6 nitrogen and oxygen atoms in total. The van der Waals surface area contributed by atoms with E-state index in [1.54, 1.807) is 12.0 Å². The Morgan fingerprint density at radius 2 is 1.86 bits per heavy atom. The van der Waals surface area contributed by atoms with Crippen LogP contribution in [0.25, 0.3) is 0 Å². The largest absolute Gasteiger partial charge is 0.467 e. The molecular formula is C16H29NO5. The van der Waals surface area contributed by atoms with E-state index < -0.39 is 17.2 Å². The standard InChI is InChI=1S/C16H29NO5/c1-15(2,3)22-14(19)17-11-8-10-16(17,13(18)21-5)9-6-7-12-20-4/h6-12H2,1-5H3. The molecule has 1 rings (SSSR count). The third-order valence-corrected chi connectivity index (χ3v) is 3.86. The molecule has 0 bridgehead atoms. The van der Waals surface area contributed by atoms with Crippen LogP contribution in [0, 0.1) is 0 Å². The van der Waals surface area contributed by atoms with E-state index in [0.717, 1.165) is 19.3 Å². The van der Waals surface area contributed by atoms with E-state index in [1.807, 2.05) is 20.8 Å². The van der Waals surface area contributed by atoms with Gasteiger partial charge >= 0.3 is 12.1 Å². The summed E-state index contributed by atoms with van der Waals surface area (Å²) in [7, 11) is 3.02. The Kier molecular flexibility index (Phi) is 6.66. The van der Waals surface area contributed by atoms with Crippen LogP contribution in [0.2, 0.25) is 0 Å². The molecule has 6 heteroatoms. The minimum absolute atomic E-state index is 0.353. The van der Waals surface area contributed by atoms with E-state index in [2.05, 4.69) is 0 Å². The summed E-state index contributed by atoms with van der Waals surface area (Å²) in [6, 6.07) is 0. The van der Waals surface area contributed by atoms with E-state index in [4.69, 9.17) is 14.2 Å². The zero-order valence-electron chi connectivity index (χ0n) is 14.4. The van der Waals surface area contributed by atoms with Crippen molar-refractivity contribution in [2.75, 3.05) is 27.4 Å². The van der Waals surface area contributed by atoms with Crippen LogP contribution in [-0.2, 0) is 19.0 Å². The molecule has 0 spiro atoms. The SMILES string of the molecule is COCCCCC1(C(=O)OC)CCCN1C(=O)OC(C)(C)C. The molecular weight excluding hydrogens is 286 g/mol. The number of hydrogen-bond acceptors (Lipinski definition) is 5. The smallest absolute Gasteiger partial charge is 0.411 e. The van der Waals surface area contributed by atoms with Crippen molar-refractivity contribution in [3.8, 4) is 0 Å². The monoisotopic (exact) mass is 315 g/mol. The first kappa shape index (κ1) is 18.7. The number of ether oxygens (including phenoxy) is 3. The van der Waals surface area contributed by atoms with Crippen LogP contribution in [-0.4, -0.2) is 55.5 Å². The summed E-state index contributed by atoms with van der Waals surface area (Å²) in [6.07, 6.45) is 3.16. The third kappa shape index (κ3) is 4.60. The van der Waals surface area contributed by atoms with Gasteiger partial charge in [-0.15, -0.1) is 0 Å². The summed E-state index contributed by atoms with van der Waals surface area (Å²) in [6.45, 7) is 6.62. The van der Waals surface area contributed by atoms with Crippen molar-refractivity contribution >= 4 is 12.1 Å². The number of hydrogen-bond donors (Lipinski definition) is 0. The van der Waals surface area contributed by atoms with Crippen LogP contribution in [0.4, 0.5) is 4.79 Å². The number of amides is 1. The average Bonchev–Trinajstić information content (AvgIpc) is 2.86. The molecule has 22 heavy (non-hydrogen) atoms. The van der Waals surface area contributed by atoms with E-state index in [1.165, 1.54) is 7.11 Å². The molecule has 0 aliphatic carbocycles. The van der Waals surface area contributed by atoms with Gasteiger partial charge in [0, 0.05) is 20.3 Å². The van der Waals surface area contributed by atoms with Gasteiger partial charge < -0.3 is 14.2 Å². The summed E-state index contributed by atoms with van der Waals surface area (Å²) < 4.78 is 15.5. The number of esters is 1. The fraction of sp³-hybridized carbons (Fsp3) is 0.875. The van der Waals surface area contributed by atoms with Crippen molar-refractivity contribution in [1.82, 2.24) is 4.90 Å². The van der Waals surface area contributed by atoms with Crippen LogP contribution in [0.3, 0.4) is 0 Å². The Morgan fingerprint density at radius 1 is 1.18 bits per heavy atom. The Morgan fingerprint density at radius 3 is 2.41 bits per heavy atom. The lowest BCUT2D eigenvalue weighted by atomic mass is 9.89. The van der Waals surface area contributed by atoms with Crippen molar-refractivity contribution in [3.05, 3.63) is 0 Å². The van der Waals surface area contributed by atoms with Crippen molar-refractivity contribution in [3.63, 3.8) is 0 Å². The van der Waals surface area contributed by atoms with Crippen LogP contribution < -0.4 is 0 Å². The molecule has 0 aromatic carbocycles. The van der Waals surface area contributed by atoms with E-state index in [0.29, 0.717) is 26.0 Å². The molecule has 1 unspecified atom stereocenters. The highest BCUT2D eigenvalue weighted by atomic mass is 16.6. The molecule has 1 aliphatic rings. The normalized spacial score (nSPS) is 21.8. The lowest BCUT2D eigenvalue weighted by Crippen LogP contribution is -2.54. The Bertz CT molecular complexity index is 390. The summed E-state index contributed by atoms with van der Waals surface area (Å²) in [5.41, 5.74) is -1.48. The minimum Gasteiger partial charge on any atom is -0.467 e. The zero-order chi connectivity index (χ0) is 16.8. The number of likely N-dealkylation sites (tertiary alicyclic amines) is 1. The molecule has 0 saturated carbocycles. The predicted molar refractivity (Wildman–Crippen MR) is 82.6 cm³/mol. The second-order valence-electron chi connectivity index (χ2n) is 6.71. The second-order valence-corrected chi connectivity index (χ2v) is 6.71. The van der Waals surface area contributed by atoms with Gasteiger partial charge in [0.1, 0.15) is 11.1 Å². The van der Waals surface area contributed by atoms with Gasteiger partial charge in [-0.1, -0.05) is 0 Å². The molecule has 1 fully saturated rings. The second kappa shape index (κ2) is 7.81. The number of rotatable bonds is 6. The van der Waals surface area contributed by atoms with Crippen LogP contribution in [0.5, 0.6) is 0 Å². The van der Waals surface area contributed by atoms with Gasteiger partial charge in [-0.05, 0) is 52.9 Å². The maximum Gasteiger partial charge on any atom is 0.411 e. The molecule has 1 aliphatic heterocycles. The maximum absolute atomic E-state index is 12.5. The minimum atomic E-state index is -0.898. The van der Waals surface area contributed by atoms with Gasteiger partial charge in [0.25, 0.3) is 0 Å². The van der Waals surface area contributed by atoms with Gasteiger partial charge in [0.15, 0.2) is 0 Å². The molecule has 1 heterocycles. The van der Waals surface area contributed by atoms with Crippen molar-refractivity contribution in [2.24, 2.45) is 0 Å². The summed E-state index contributed by atoms with van der Waals surface area (Å²) in [4.78, 5) is 26.4. The molecule has 1 saturated heterocycles. The van der Waals surface area contributed by atoms with Crippen molar-refractivity contribution in [2.45, 2.75) is 64.0 Å². The van der Waals surface area contributed by atoms with Gasteiger partial charge in [-0.25, -0.2) is 9.59 Å². The molecule has 0 radical (unpaired) electrons. The van der Waals surface area contributed by atoms with E-state index in [9.17, 15) is 9.59 Å². The molecule has 0 aromatic heterocycles. The quantitative estimate of drug-likeness (QED) is 0.557. The lowest BCUT2D eigenvalue weighted by Gasteiger charge is -2.36. The number of carbonyl (C=O) groups is 2. The van der Waals surface area contributed by atoms with Gasteiger partial charge in [-0.3, -0.25) is 4.90 Å². The maximum atomic E-state index is 12.5. The summed E-state index contributed by atoms with van der Waals surface area (Å²) >= 11 is 0. The van der Waals surface area contributed by atoms with E-state index in [-0.39, 0.29) is 5.97 Å². The fourth-order valence-corrected chi connectivity index (χ4v) is 2.89. The highest BCUT2D eigenvalue weighted by Gasteiger charge is 2.51. The number of carbonyl (C=O) groups excluding carboxylic acids is 2. The molecule has 0 N–H and O–H groups in total. The van der Waals surface area contributed by atoms with Crippen molar-refractivity contribution in [1.29, 1.82) is 0 Å². The van der Waals surface area contributed by atoms with Gasteiger partial charge in [-0.2, -0.15) is 0 Å². The third-order valence-electron chi connectivity index (χ3n) is 3.86. The highest BCUT2D eigenvalue weighted by molar-refractivity contribution is 5.86. The van der Waals surface area contributed by atoms with Crippen LogP contribution in [0.15, 0.2) is 0 Å². The number of nitrogens with zero attached hydrogens (tertiary/aromatic N) is 1. The first-order chi connectivity index (χ1) is 10.3. The van der Waals surface area contributed by atoms with Crippen molar-refractivity contribution < 1.29 is 23.8 Å². The molecule has 1 amide bonds. The zero-order valence-corrected chi connectivity index (χ0v) is 14.4. The number of unbranched alkanes of at least 4 members (excludes halogenated alkanes) is 1.